The van der Waals surface area contributed by atoms with E-state index in [1.54, 1.807) is 6.20 Å². The van der Waals surface area contributed by atoms with Gasteiger partial charge in [0.1, 0.15) is 0 Å². The Morgan fingerprint density at radius 1 is 0.794 bits per heavy atom. The summed E-state index contributed by atoms with van der Waals surface area (Å²) in [6, 6.07) is 28.8. The summed E-state index contributed by atoms with van der Waals surface area (Å²) in [5, 5.41) is 11.4. The first-order valence-electron chi connectivity index (χ1n) is 11.5. The summed E-state index contributed by atoms with van der Waals surface area (Å²) >= 11 is 0. The van der Waals surface area contributed by atoms with Crippen molar-refractivity contribution in [3.05, 3.63) is 102 Å². The van der Waals surface area contributed by atoms with Gasteiger partial charge < -0.3 is 10.8 Å². The van der Waals surface area contributed by atoms with Crippen molar-refractivity contribution >= 4 is 10.9 Å². The van der Waals surface area contributed by atoms with Crippen LogP contribution < -0.4 is 5.73 Å². The molecule has 0 radical (unpaired) electrons. The highest BCUT2D eigenvalue weighted by Crippen LogP contribution is 2.39. The molecule has 2 heterocycles. The number of benzene rings is 3. The molecule has 5 aromatic rings. The third kappa shape index (κ3) is 4.04. The minimum absolute atomic E-state index is 0.0199. The monoisotopic (exact) mass is 445 g/mol. The third-order valence-electron chi connectivity index (χ3n) is 6.25. The molecule has 0 aliphatic carbocycles. The highest BCUT2D eigenvalue weighted by atomic mass is 16.3. The molecule has 4 nitrogen and oxygen atoms in total. The van der Waals surface area contributed by atoms with E-state index >= 15 is 0 Å². The standard InChI is InChI=1S/C30H27N3O/c1-19(2)23-9-6-10-24(15-23)27-18-32-30(34)26-16-25(21-7-4-3-5-8-21)28(33-29(26)27)22-13-11-20(17-31)12-14-22/h3-16,18-19H,17,31H2,1-2H3,(H,32,34). The van der Waals surface area contributed by atoms with Gasteiger partial charge in [0.05, 0.1) is 16.6 Å². The maximum absolute atomic E-state index is 10.7. The number of fused-ring (bicyclic) bond motifs is 1. The molecule has 0 fully saturated rings. The van der Waals surface area contributed by atoms with Crippen molar-refractivity contribution in [2.45, 2.75) is 26.3 Å². The van der Waals surface area contributed by atoms with Gasteiger partial charge >= 0.3 is 0 Å². The molecular formula is C30H27N3O. The Morgan fingerprint density at radius 2 is 1.53 bits per heavy atom. The van der Waals surface area contributed by atoms with Crippen LogP contribution in [0.25, 0.3) is 44.4 Å². The Balaban J connectivity index is 1.81. The Kier molecular flexibility index (Phi) is 5.83. The van der Waals surface area contributed by atoms with Gasteiger partial charge in [-0.3, -0.25) is 0 Å². The van der Waals surface area contributed by atoms with Crippen LogP contribution in [-0.2, 0) is 6.54 Å². The molecule has 34 heavy (non-hydrogen) atoms. The van der Waals surface area contributed by atoms with Gasteiger partial charge in [-0.05, 0) is 34.2 Å². The van der Waals surface area contributed by atoms with E-state index in [1.807, 2.05) is 36.4 Å². The molecule has 0 amide bonds. The predicted octanol–water partition coefficient (Wildman–Crippen LogP) is 6.92. The minimum atomic E-state index is -0.0199. The van der Waals surface area contributed by atoms with Crippen molar-refractivity contribution in [2.24, 2.45) is 5.73 Å². The molecule has 3 N–H and O–H groups in total. The molecule has 0 saturated heterocycles. The van der Waals surface area contributed by atoms with Crippen LogP contribution >= 0.6 is 0 Å². The fourth-order valence-electron chi connectivity index (χ4n) is 4.28. The van der Waals surface area contributed by atoms with E-state index in [4.69, 9.17) is 10.7 Å². The van der Waals surface area contributed by atoms with Gasteiger partial charge in [0.15, 0.2) is 0 Å². The molecule has 0 aliphatic rings. The van der Waals surface area contributed by atoms with Crippen molar-refractivity contribution in [1.29, 1.82) is 0 Å². The summed E-state index contributed by atoms with van der Waals surface area (Å²) < 4.78 is 0. The van der Waals surface area contributed by atoms with E-state index in [2.05, 4.69) is 67.4 Å². The molecule has 0 spiro atoms. The average molecular weight is 446 g/mol. The maximum Gasteiger partial charge on any atom is 0.220 e. The van der Waals surface area contributed by atoms with E-state index in [0.29, 0.717) is 17.8 Å². The van der Waals surface area contributed by atoms with Crippen LogP contribution in [0.1, 0.15) is 30.9 Å². The average Bonchev–Trinajstić information content (AvgIpc) is 2.89. The topological polar surface area (TPSA) is 72.0 Å². The molecule has 0 aliphatic heterocycles. The van der Waals surface area contributed by atoms with Crippen LogP contribution in [0.5, 0.6) is 5.88 Å². The van der Waals surface area contributed by atoms with Crippen LogP contribution in [0.4, 0.5) is 0 Å². The van der Waals surface area contributed by atoms with Crippen LogP contribution in [0.15, 0.2) is 91.1 Å². The Bertz CT molecular complexity index is 1460. The quantitative estimate of drug-likeness (QED) is 0.308. The number of rotatable bonds is 5. The second-order valence-electron chi connectivity index (χ2n) is 8.82. The van der Waals surface area contributed by atoms with E-state index in [-0.39, 0.29) is 5.88 Å². The molecule has 168 valence electrons. The minimum Gasteiger partial charge on any atom is -0.493 e. The molecule has 5 rings (SSSR count). The van der Waals surface area contributed by atoms with E-state index in [9.17, 15) is 5.11 Å². The maximum atomic E-state index is 10.7. The molecule has 0 unspecified atom stereocenters. The number of hydrogen-bond donors (Lipinski definition) is 2. The summed E-state index contributed by atoms with van der Waals surface area (Å²) in [6.07, 6.45) is 1.72. The van der Waals surface area contributed by atoms with Crippen molar-refractivity contribution in [3.8, 4) is 39.4 Å². The molecule has 4 heteroatoms. The van der Waals surface area contributed by atoms with Crippen LogP contribution in [0.2, 0.25) is 0 Å². The zero-order chi connectivity index (χ0) is 23.7. The molecule has 3 aromatic carbocycles. The lowest BCUT2D eigenvalue weighted by Gasteiger charge is -2.15. The lowest BCUT2D eigenvalue weighted by atomic mass is 9.94. The number of nitrogens with two attached hydrogens (primary N) is 1. The van der Waals surface area contributed by atoms with Crippen LogP contribution in [-0.4, -0.2) is 15.1 Å². The molecule has 0 saturated carbocycles. The van der Waals surface area contributed by atoms with Gasteiger partial charge in [-0.25, -0.2) is 9.97 Å². The normalized spacial score (nSPS) is 11.3. The summed E-state index contributed by atoms with van der Waals surface area (Å²) in [6.45, 7) is 4.85. The van der Waals surface area contributed by atoms with Gasteiger partial charge in [-0.2, -0.15) is 0 Å². The van der Waals surface area contributed by atoms with Gasteiger partial charge in [0.2, 0.25) is 5.88 Å². The Morgan fingerprint density at radius 3 is 2.24 bits per heavy atom. The summed E-state index contributed by atoms with van der Waals surface area (Å²) in [7, 11) is 0. The van der Waals surface area contributed by atoms with Crippen LogP contribution in [0.3, 0.4) is 0 Å². The van der Waals surface area contributed by atoms with E-state index in [1.165, 1.54) is 5.56 Å². The van der Waals surface area contributed by atoms with E-state index < -0.39 is 0 Å². The summed E-state index contributed by atoms with van der Waals surface area (Å²) in [5.41, 5.74) is 14.6. The SMILES string of the molecule is CC(C)c1cccc(-c2cnc(O)c3cc(-c4ccccc4)c(-c4ccc(CN)cc4)nc23)c1. The van der Waals surface area contributed by atoms with Gasteiger partial charge in [-0.15, -0.1) is 0 Å². The number of aromatic hydroxyl groups is 1. The van der Waals surface area contributed by atoms with Gasteiger partial charge in [-0.1, -0.05) is 92.7 Å². The predicted molar refractivity (Wildman–Crippen MR) is 139 cm³/mol. The zero-order valence-electron chi connectivity index (χ0n) is 19.4. The first-order chi connectivity index (χ1) is 16.5. The van der Waals surface area contributed by atoms with Crippen LogP contribution in [0, 0.1) is 0 Å². The molecular weight excluding hydrogens is 418 g/mol. The Hall–Kier alpha value is -4.02. The largest absolute Gasteiger partial charge is 0.493 e. The third-order valence-corrected chi connectivity index (χ3v) is 6.25. The number of pyridine rings is 2. The lowest BCUT2D eigenvalue weighted by Crippen LogP contribution is -1.97. The van der Waals surface area contributed by atoms with Gasteiger partial charge in [0.25, 0.3) is 0 Å². The molecule has 0 bridgehead atoms. The van der Waals surface area contributed by atoms with E-state index in [0.717, 1.165) is 44.6 Å². The smallest absolute Gasteiger partial charge is 0.220 e. The van der Waals surface area contributed by atoms with Crippen molar-refractivity contribution in [2.75, 3.05) is 0 Å². The first kappa shape index (κ1) is 21.8. The van der Waals surface area contributed by atoms with Crippen molar-refractivity contribution in [1.82, 2.24) is 9.97 Å². The molecule has 2 aromatic heterocycles. The van der Waals surface area contributed by atoms with Crippen molar-refractivity contribution in [3.63, 3.8) is 0 Å². The second-order valence-corrected chi connectivity index (χ2v) is 8.82. The second kappa shape index (κ2) is 9.08. The summed E-state index contributed by atoms with van der Waals surface area (Å²) in [4.78, 5) is 9.48. The Labute approximate surface area is 199 Å². The highest BCUT2D eigenvalue weighted by molar-refractivity contribution is 6.00. The molecule has 0 atom stereocenters. The zero-order valence-corrected chi connectivity index (χ0v) is 19.4. The number of nitrogens with zero attached hydrogens (tertiary/aromatic N) is 2. The van der Waals surface area contributed by atoms with Gasteiger partial charge in [0, 0.05) is 29.4 Å². The number of hydrogen-bond acceptors (Lipinski definition) is 4. The summed E-state index contributed by atoms with van der Waals surface area (Å²) in [5.74, 6) is 0.388. The van der Waals surface area contributed by atoms with Crippen molar-refractivity contribution < 1.29 is 5.11 Å². The number of aromatic nitrogens is 2. The fraction of sp³-hybridized carbons (Fsp3) is 0.133. The lowest BCUT2D eigenvalue weighted by molar-refractivity contribution is 0.460. The highest BCUT2D eigenvalue weighted by Gasteiger charge is 2.17. The fourth-order valence-corrected chi connectivity index (χ4v) is 4.28. The first-order valence-corrected chi connectivity index (χ1v) is 11.5.